The quantitative estimate of drug-likeness (QED) is 0.859. The van der Waals surface area contributed by atoms with E-state index >= 15 is 0 Å². The van der Waals surface area contributed by atoms with Crippen molar-refractivity contribution in [3.63, 3.8) is 0 Å². The summed E-state index contributed by atoms with van der Waals surface area (Å²) in [5, 5.41) is 3.88. The van der Waals surface area contributed by atoms with E-state index in [2.05, 4.69) is 0 Å². The van der Waals surface area contributed by atoms with Crippen LogP contribution in [0.4, 0.5) is 0 Å². The van der Waals surface area contributed by atoms with Crippen LogP contribution in [0.1, 0.15) is 29.6 Å². The normalized spacial score (nSPS) is 30.1. The summed E-state index contributed by atoms with van der Waals surface area (Å²) < 4.78 is 11.4. The summed E-state index contributed by atoms with van der Waals surface area (Å²) in [6, 6.07) is 1.90. The Morgan fingerprint density at radius 2 is 2.55 bits per heavy atom. The summed E-state index contributed by atoms with van der Waals surface area (Å²) in [6.07, 6.45) is 3.29. The fraction of sp³-hybridized carbons (Fsp3) is 0.667. The number of carbonyl (C=O) groups excluding carboxylic acids is 1. The third-order valence-electron chi connectivity index (χ3n) is 4.48. The molecule has 0 N–H and O–H groups in total. The van der Waals surface area contributed by atoms with Gasteiger partial charge in [0, 0.05) is 37.6 Å². The van der Waals surface area contributed by atoms with Gasteiger partial charge >= 0.3 is 0 Å². The van der Waals surface area contributed by atoms with Crippen molar-refractivity contribution in [2.45, 2.75) is 25.4 Å². The second-order valence-corrected chi connectivity index (χ2v) is 6.57. The third-order valence-corrected chi connectivity index (χ3v) is 5.16. The zero-order chi connectivity index (χ0) is 14.0. The van der Waals surface area contributed by atoms with E-state index in [-0.39, 0.29) is 17.4 Å². The van der Waals surface area contributed by atoms with Gasteiger partial charge in [0.2, 0.25) is 0 Å². The molecule has 2 aliphatic heterocycles. The number of thiophene rings is 1. The lowest BCUT2D eigenvalue weighted by molar-refractivity contribution is -0.142. The molecule has 2 aliphatic rings. The SMILES string of the molecule is COC[C@@]12CCCO[C@H]1CCN(C(=O)c1ccsc1)C2. The lowest BCUT2D eigenvalue weighted by atomic mass is 9.73. The molecule has 5 heteroatoms. The number of carbonyl (C=O) groups is 1. The van der Waals surface area contributed by atoms with Gasteiger partial charge in [-0.2, -0.15) is 11.3 Å². The van der Waals surface area contributed by atoms with E-state index < -0.39 is 0 Å². The van der Waals surface area contributed by atoms with Crippen molar-refractivity contribution in [2.75, 3.05) is 33.4 Å². The molecule has 2 atom stereocenters. The second-order valence-electron chi connectivity index (χ2n) is 5.79. The van der Waals surface area contributed by atoms with Crippen LogP contribution in [0.15, 0.2) is 16.8 Å². The highest BCUT2D eigenvalue weighted by atomic mass is 32.1. The molecular formula is C15H21NO3S. The predicted molar refractivity (Wildman–Crippen MR) is 78.1 cm³/mol. The Balaban J connectivity index is 1.77. The predicted octanol–water partition coefficient (Wildman–Crippen LogP) is 2.41. The number of rotatable bonds is 3. The van der Waals surface area contributed by atoms with Crippen LogP contribution >= 0.6 is 11.3 Å². The lowest BCUT2D eigenvalue weighted by Crippen LogP contribution is -2.57. The molecule has 0 bridgehead atoms. The number of nitrogens with zero attached hydrogens (tertiary/aromatic N) is 1. The molecule has 0 radical (unpaired) electrons. The molecule has 110 valence electrons. The van der Waals surface area contributed by atoms with Gasteiger partial charge in [-0.25, -0.2) is 0 Å². The molecule has 2 saturated heterocycles. The molecule has 0 aromatic carbocycles. The first-order valence-corrected chi connectivity index (χ1v) is 8.11. The molecule has 4 nitrogen and oxygen atoms in total. The van der Waals surface area contributed by atoms with Crippen molar-refractivity contribution in [1.29, 1.82) is 0 Å². The number of likely N-dealkylation sites (tertiary alicyclic amines) is 1. The number of piperidine rings is 1. The van der Waals surface area contributed by atoms with Gasteiger partial charge in [-0.15, -0.1) is 0 Å². The summed E-state index contributed by atoms with van der Waals surface area (Å²) in [7, 11) is 1.74. The monoisotopic (exact) mass is 295 g/mol. The van der Waals surface area contributed by atoms with Crippen LogP contribution in [0.2, 0.25) is 0 Å². The van der Waals surface area contributed by atoms with Crippen LogP contribution < -0.4 is 0 Å². The van der Waals surface area contributed by atoms with Crippen LogP contribution in [0.25, 0.3) is 0 Å². The molecule has 0 aliphatic carbocycles. The van der Waals surface area contributed by atoms with E-state index in [9.17, 15) is 4.79 Å². The molecule has 0 spiro atoms. The fourth-order valence-electron chi connectivity index (χ4n) is 3.53. The Morgan fingerprint density at radius 3 is 3.30 bits per heavy atom. The molecule has 3 heterocycles. The number of hydrogen-bond donors (Lipinski definition) is 0. The number of amides is 1. The third kappa shape index (κ3) is 2.50. The van der Waals surface area contributed by atoms with Crippen LogP contribution in [0.5, 0.6) is 0 Å². The smallest absolute Gasteiger partial charge is 0.254 e. The van der Waals surface area contributed by atoms with Crippen LogP contribution in [0, 0.1) is 5.41 Å². The minimum atomic E-state index is -0.0169. The van der Waals surface area contributed by atoms with Crippen molar-refractivity contribution in [2.24, 2.45) is 5.41 Å². The molecule has 2 fully saturated rings. The van der Waals surface area contributed by atoms with Gasteiger partial charge in [-0.05, 0) is 30.7 Å². The average Bonchev–Trinajstić information content (AvgIpc) is 3.00. The van der Waals surface area contributed by atoms with E-state index in [0.29, 0.717) is 6.61 Å². The first kappa shape index (κ1) is 14.0. The van der Waals surface area contributed by atoms with E-state index in [4.69, 9.17) is 9.47 Å². The summed E-state index contributed by atoms with van der Waals surface area (Å²) in [4.78, 5) is 14.5. The second kappa shape index (κ2) is 5.84. The van der Waals surface area contributed by atoms with Gasteiger partial charge in [0.05, 0.1) is 18.3 Å². The van der Waals surface area contributed by atoms with Crippen molar-refractivity contribution in [3.05, 3.63) is 22.4 Å². The first-order chi connectivity index (χ1) is 9.75. The van der Waals surface area contributed by atoms with E-state index in [1.165, 1.54) is 0 Å². The van der Waals surface area contributed by atoms with Crippen LogP contribution in [-0.2, 0) is 9.47 Å². The van der Waals surface area contributed by atoms with Gasteiger partial charge in [0.25, 0.3) is 5.91 Å². The first-order valence-electron chi connectivity index (χ1n) is 7.17. The Kier molecular flexibility index (Phi) is 4.10. The molecule has 1 aromatic heterocycles. The van der Waals surface area contributed by atoms with E-state index in [1.807, 2.05) is 21.7 Å². The van der Waals surface area contributed by atoms with Gasteiger partial charge in [0.1, 0.15) is 0 Å². The van der Waals surface area contributed by atoms with E-state index in [1.54, 1.807) is 18.4 Å². The number of fused-ring (bicyclic) bond motifs is 1. The maximum absolute atomic E-state index is 12.5. The zero-order valence-corrected chi connectivity index (χ0v) is 12.7. The highest BCUT2D eigenvalue weighted by Crippen LogP contribution is 2.40. The lowest BCUT2D eigenvalue weighted by Gasteiger charge is -2.50. The largest absolute Gasteiger partial charge is 0.384 e. The minimum Gasteiger partial charge on any atom is -0.384 e. The summed E-state index contributed by atoms with van der Waals surface area (Å²) in [5.74, 6) is 0.144. The standard InChI is InChI=1S/C15H21NO3S/c1-18-11-15-5-2-7-19-13(15)3-6-16(10-15)14(17)12-4-8-20-9-12/h4,8-9,13H,2-3,5-7,10-11H2,1H3/t13-,15-/m0/s1. The Morgan fingerprint density at radius 1 is 1.65 bits per heavy atom. The van der Waals surface area contributed by atoms with Crippen molar-refractivity contribution >= 4 is 17.2 Å². The molecule has 1 amide bonds. The fourth-order valence-corrected chi connectivity index (χ4v) is 4.16. The van der Waals surface area contributed by atoms with Crippen molar-refractivity contribution in [3.8, 4) is 0 Å². The summed E-state index contributed by atoms with van der Waals surface area (Å²) in [6.45, 7) is 3.05. The summed E-state index contributed by atoms with van der Waals surface area (Å²) in [5.41, 5.74) is 0.787. The Labute approximate surface area is 123 Å². The van der Waals surface area contributed by atoms with Crippen LogP contribution in [-0.4, -0.2) is 50.3 Å². The Hall–Kier alpha value is -0.910. The Bertz CT molecular complexity index is 458. The van der Waals surface area contributed by atoms with Crippen molar-refractivity contribution < 1.29 is 14.3 Å². The maximum atomic E-state index is 12.5. The molecule has 0 saturated carbocycles. The van der Waals surface area contributed by atoms with Crippen molar-refractivity contribution in [1.82, 2.24) is 4.90 Å². The molecular weight excluding hydrogens is 274 g/mol. The molecule has 3 rings (SSSR count). The van der Waals surface area contributed by atoms with Gasteiger partial charge in [0.15, 0.2) is 0 Å². The average molecular weight is 295 g/mol. The topological polar surface area (TPSA) is 38.8 Å². The molecule has 1 aromatic rings. The number of hydrogen-bond acceptors (Lipinski definition) is 4. The van der Waals surface area contributed by atoms with Gasteiger partial charge in [-0.1, -0.05) is 0 Å². The maximum Gasteiger partial charge on any atom is 0.254 e. The summed E-state index contributed by atoms with van der Waals surface area (Å²) >= 11 is 1.57. The number of methoxy groups -OCH3 is 1. The van der Waals surface area contributed by atoms with Gasteiger partial charge in [-0.3, -0.25) is 4.79 Å². The van der Waals surface area contributed by atoms with Crippen LogP contribution in [0.3, 0.4) is 0 Å². The van der Waals surface area contributed by atoms with E-state index in [0.717, 1.165) is 44.5 Å². The highest BCUT2D eigenvalue weighted by molar-refractivity contribution is 7.08. The molecule has 0 unspecified atom stereocenters. The highest BCUT2D eigenvalue weighted by Gasteiger charge is 2.47. The number of ether oxygens (including phenoxy) is 2. The zero-order valence-electron chi connectivity index (χ0n) is 11.8. The van der Waals surface area contributed by atoms with Gasteiger partial charge < -0.3 is 14.4 Å². The molecule has 20 heavy (non-hydrogen) atoms. The minimum absolute atomic E-state index is 0.0169.